The Morgan fingerprint density at radius 3 is 2.40 bits per heavy atom. The summed E-state index contributed by atoms with van der Waals surface area (Å²) in [7, 11) is 0. The Morgan fingerprint density at radius 2 is 1.80 bits per heavy atom. The maximum absolute atomic E-state index is 4.21. The highest BCUT2D eigenvalue weighted by Gasteiger charge is 1.94. The van der Waals surface area contributed by atoms with Crippen molar-refractivity contribution in [1.82, 2.24) is 14.4 Å². The van der Waals surface area contributed by atoms with Gasteiger partial charge in [0.2, 0.25) is 0 Å². The van der Waals surface area contributed by atoms with Crippen molar-refractivity contribution < 1.29 is 0 Å². The second-order valence-electron chi connectivity index (χ2n) is 2.42. The van der Waals surface area contributed by atoms with Crippen LogP contribution in [0.1, 0.15) is 40.3 Å². The van der Waals surface area contributed by atoms with Crippen molar-refractivity contribution in [2.75, 3.05) is 0 Å². The van der Waals surface area contributed by atoms with E-state index in [-0.39, 0.29) is 0 Å². The summed E-state index contributed by atoms with van der Waals surface area (Å²) < 4.78 is 1.98. The number of imidazole rings is 1. The molecule has 0 atom stereocenters. The summed E-state index contributed by atoms with van der Waals surface area (Å²) in [6, 6.07) is 0. The lowest BCUT2D eigenvalue weighted by molar-refractivity contribution is 0.981. The predicted molar refractivity (Wildman–Crippen MR) is 65.1 cm³/mol. The molecule has 0 fully saturated rings. The average molecular weight is 207 g/mol. The quantitative estimate of drug-likeness (QED) is 0.718. The van der Waals surface area contributed by atoms with Gasteiger partial charge < -0.3 is 4.40 Å². The van der Waals surface area contributed by atoms with Gasteiger partial charge in [-0.3, -0.25) is 4.98 Å². The number of aromatic nitrogens is 3. The van der Waals surface area contributed by atoms with Gasteiger partial charge >= 0.3 is 0 Å². The maximum Gasteiger partial charge on any atom is 0.155 e. The molecule has 15 heavy (non-hydrogen) atoms. The highest BCUT2D eigenvalue weighted by Crippen LogP contribution is 2.00. The first kappa shape index (κ1) is 13.6. The van der Waals surface area contributed by atoms with Crippen LogP contribution >= 0.6 is 0 Å². The van der Waals surface area contributed by atoms with E-state index in [9.17, 15) is 0 Å². The number of nitrogens with zero attached hydrogens (tertiary/aromatic N) is 3. The Balaban J connectivity index is 0.000000442. The van der Waals surface area contributed by atoms with Crippen molar-refractivity contribution in [3.8, 4) is 0 Å². The Bertz CT molecular complexity index is 366. The van der Waals surface area contributed by atoms with Gasteiger partial charge in [-0.25, -0.2) is 4.98 Å². The lowest BCUT2D eigenvalue weighted by atomic mass is 10.3. The summed E-state index contributed by atoms with van der Waals surface area (Å²) in [5.41, 5.74) is 2.00. The normalized spacial score (nSPS) is 8.60. The molecule has 0 unspecified atom stereocenters. The van der Waals surface area contributed by atoms with Gasteiger partial charge in [0.05, 0.1) is 11.9 Å². The zero-order valence-corrected chi connectivity index (χ0v) is 10.4. The highest BCUT2D eigenvalue weighted by molar-refractivity contribution is 5.34. The van der Waals surface area contributed by atoms with Gasteiger partial charge in [0, 0.05) is 18.6 Å². The zero-order chi connectivity index (χ0) is 11.7. The number of hydrogen-bond donors (Lipinski definition) is 0. The van der Waals surface area contributed by atoms with E-state index in [1.807, 2.05) is 44.5 Å². The molecule has 0 amide bonds. The van der Waals surface area contributed by atoms with Gasteiger partial charge in [0.1, 0.15) is 0 Å². The molecule has 0 N–H and O–H groups in total. The van der Waals surface area contributed by atoms with E-state index >= 15 is 0 Å². The van der Waals surface area contributed by atoms with Crippen molar-refractivity contribution in [2.45, 2.75) is 41.0 Å². The molecule has 0 aromatic carbocycles. The topological polar surface area (TPSA) is 30.2 Å². The fraction of sp³-hybridized carbons (Fsp3) is 0.500. The van der Waals surface area contributed by atoms with Crippen molar-refractivity contribution in [3.63, 3.8) is 0 Å². The van der Waals surface area contributed by atoms with Crippen LogP contribution in [0.25, 0.3) is 5.65 Å². The fourth-order valence-corrected chi connectivity index (χ4v) is 1.05. The van der Waals surface area contributed by atoms with Crippen LogP contribution in [-0.4, -0.2) is 14.4 Å². The van der Waals surface area contributed by atoms with E-state index < -0.39 is 0 Å². The van der Waals surface area contributed by atoms with Crippen LogP contribution in [0.15, 0.2) is 24.8 Å². The summed E-state index contributed by atoms with van der Waals surface area (Å²) in [4.78, 5) is 8.31. The predicted octanol–water partition coefficient (Wildman–Crippen LogP) is 3.34. The third-order valence-electron chi connectivity index (χ3n) is 1.69. The van der Waals surface area contributed by atoms with Crippen molar-refractivity contribution in [2.24, 2.45) is 0 Å². The second kappa shape index (κ2) is 7.97. The lowest BCUT2D eigenvalue weighted by Crippen LogP contribution is -1.91. The smallest absolute Gasteiger partial charge is 0.155 e. The largest absolute Gasteiger partial charge is 0.304 e. The monoisotopic (exact) mass is 207 g/mol. The van der Waals surface area contributed by atoms with E-state index in [1.165, 1.54) is 0 Å². The Labute approximate surface area is 92.2 Å². The highest BCUT2D eigenvalue weighted by atomic mass is 15.0. The van der Waals surface area contributed by atoms with Crippen LogP contribution in [0.3, 0.4) is 0 Å². The van der Waals surface area contributed by atoms with E-state index in [2.05, 4.69) is 16.9 Å². The number of aryl methyl sites for hydroxylation is 1. The van der Waals surface area contributed by atoms with Crippen molar-refractivity contribution in [1.29, 1.82) is 0 Å². The van der Waals surface area contributed by atoms with Crippen LogP contribution in [0.5, 0.6) is 0 Å². The lowest BCUT2D eigenvalue weighted by Gasteiger charge is -1.95. The van der Waals surface area contributed by atoms with E-state index in [0.717, 1.165) is 17.8 Å². The number of rotatable bonds is 1. The van der Waals surface area contributed by atoms with Crippen LogP contribution < -0.4 is 0 Å². The van der Waals surface area contributed by atoms with Gasteiger partial charge in [0.25, 0.3) is 0 Å². The molecule has 0 spiro atoms. The Hall–Kier alpha value is -1.38. The van der Waals surface area contributed by atoms with Crippen LogP contribution in [-0.2, 0) is 6.42 Å². The van der Waals surface area contributed by atoms with Gasteiger partial charge in [-0.2, -0.15) is 0 Å². The van der Waals surface area contributed by atoms with Crippen molar-refractivity contribution in [3.05, 3.63) is 30.5 Å². The molecule has 2 aromatic heterocycles. The minimum Gasteiger partial charge on any atom is -0.304 e. The standard InChI is InChI=1S/C8H9N3.2C2H6/c1-2-7-6-11-4-3-9-8(11)5-10-7;2*1-2/h3-6H,2H2,1H3;2*1-2H3. The third kappa shape index (κ3) is 3.70. The molecule has 0 aliphatic rings. The summed E-state index contributed by atoms with van der Waals surface area (Å²) >= 11 is 0. The van der Waals surface area contributed by atoms with Crippen LogP contribution in [0.2, 0.25) is 0 Å². The molecule has 0 bridgehead atoms. The first-order valence-electron chi connectivity index (χ1n) is 5.67. The average Bonchev–Trinajstić information content (AvgIpc) is 2.81. The maximum atomic E-state index is 4.21. The molecule has 0 radical (unpaired) electrons. The molecule has 0 aliphatic heterocycles. The third-order valence-corrected chi connectivity index (χ3v) is 1.69. The van der Waals surface area contributed by atoms with E-state index in [4.69, 9.17) is 0 Å². The van der Waals surface area contributed by atoms with Crippen molar-refractivity contribution >= 4 is 5.65 Å². The molecule has 0 saturated heterocycles. The Morgan fingerprint density at radius 1 is 1.13 bits per heavy atom. The minimum atomic E-state index is 0.905. The molecule has 0 saturated carbocycles. The molecule has 0 aliphatic carbocycles. The van der Waals surface area contributed by atoms with E-state index in [1.54, 1.807) is 12.4 Å². The number of hydrogen-bond acceptors (Lipinski definition) is 2. The molecule has 2 rings (SSSR count). The molecule has 2 aromatic rings. The first-order valence-corrected chi connectivity index (χ1v) is 5.67. The van der Waals surface area contributed by atoms with Gasteiger partial charge in [-0.1, -0.05) is 34.6 Å². The summed E-state index contributed by atoms with van der Waals surface area (Å²) in [5, 5.41) is 0. The fourth-order valence-electron chi connectivity index (χ4n) is 1.05. The summed E-state index contributed by atoms with van der Waals surface area (Å²) in [6.07, 6.45) is 8.46. The zero-order valence-electron chi connectivity index (χ0n) is 10.4. The first-order chi connectivity index (χ1) is 7.40. The molecular weight excluding hydrogens is 186 g/mol. The molecular formula is C12H21N3. The van der Waals surface area contributed by atoms with Gasteiger partial charge in [-0.15, -0.1) is 0 Å². The minimum absolute atomic E-state index is 0.905. The number of fused-ring (bicyclic) bond motifs is 1. The SMILES string of the molecule is CC.CC.CCc1cn2ccnc2cn1. The molecule has 3 nitrogen and oxygen atoms in total. The Kier molecular flexibility index (Phi) is 7.24. The molecule has 3 heteroatoms. The van der Waals surface area contributed by atoms with Gasteiger partial charge in [-0.05, 0) is 6.42 Å². The van der Waals surface area contributed by atoms with Crippen LogP contribution in [0, 0.1) is 0 Å². The molecule has 2 heterocycles. The molecule has 84 valence electrons. The van der Waals surface area contributed by atoms with Gasteiger partial charge in [0.15, 0.2) is 5.65 Å². The van der Waals surface area contributed by atoms with E-state index in [0.29, 0.717) is 0 Å². The summed E-state index contributed by atoms with van der Waals surface area (Å²) in [6.45, 7) is 10.1. The van der Waals surface area contributed by atoms with Crippen LogP contribution in [0.4, 0.5) is 0 Å². The summed E-state index contributed by atoms with van der Waals surface area (Å²) in [5.74, 6) is 0. The second-order valence-corrected chi connectivity index (χ2v) is 2.42.